The Morgan fingerprint density at radius 3 is 3.08 bits per heavy atom. The number of hydrazine groups is 1. The molecule has 0 radical (unpaired) electrons. The second-order valence-electron chi connectivity index (χ2n) is 6.66. The molecule has 1 aromatic carbocycles. The number of allylic oxidation sites excluding steroid dienone is 1. The van der Waals surface area contributed by atoms with Gasteiger partial charge in [0.25, 0.3) is 0 Å². The zero-order valence-electron chi connectivity index (χ0n) is 14.4. The Kier molecular flexibility index (Phi) is 4.02. The predicted octanol–water partition coefficient (Wildman–Crippen LogP) is 3.19. The van der Waals surface area contributed by atoms with E-state index in [0.717, 1.165) is 18.8 Å². The van der Waals surface area contributed by atoms with Gasteiger partial charge < -0.3 is 9.88 Å². The Labute approximate surface area is 143 Å². The summed E-state index contributed by atoms with van der Waals surface area (Å²) in [6.45, 7) is 7.76. The van der Waals surface area contributed by atoms with E-state index in [-0.39, 0.29) is 0 Å². The molecule has 0 spiro atoms. The number of aliphatic imine (C=N–C) groups is 1. The summed E-state index contributed by atoms with van der Waals surface area (Å²) in [5, 5.41) is 3.57. The van der Waals surface area contributed by atoms with Crippen molar-refractivity contribution in [2.75, 3.05) is 19.6 Å². The summed E-state index contributed by atoms with van der Waals surface area (Å²) in [7, 11) is 0. The van der Waals surface area contributed by atoms with Crippen LogP contribution in [0.25, 0.3) is 16.6 Å². The average molecular weight is 323 g/mol. The zero-order chi connectivity index (χ0) is 16.5. The zero-order valence-corrected chi connectivity index (χ0v) is 14.4. The van der Waals surface area contributed by atoms with E-state index in [1.165, 1.54) is 41.5 Å². The van der Waals surface area contributed by atoms with Crippen LogP contribution in [0.2, 0.25) is 0 Å². The Bertz CT molecular complexity index is 788. The highest BCUT2D eigenvalue weighted by Crippen LogP contribution is 2.30. The second-order valence-corrected chi connectivity index (χ2v) is 6.66. The summed E-state index contributed by atoms with van der Waals surface area (Å²) in [5.41, 5.74) is 8.03. The van der Waals surface area contributed by atoms with E-state index in [2.05, 4.69) is 63.4 Å². The van der Waals surface area contributed by atoms with Crippen LogP contribution >= 0.6 is 0 Å². The summed E-state index contributed by atoms with van der Waals surface area (Å²) in [4.78, 5) is 10.4. The molecule has 1 saturated heterocycles. The van der Waals surface area contributed by atoms with Gasteiger partial charge in [-0.15, -0.1) is 0 Å². The van der Waals surface area contributed by atoms with Crippen LogP contribution in [-0.2, 0) is 0 Å². The van der Waals surface area contributed by atoms with Crippen LogP contribution in [0.5, 0.6) is 0 Å². The van der Waals surface area contributed by atoms with Gasteiger partial charge in [-0.2, -0.15) is 0 Å². The first-order chi connectivity index (χ1) is 11.8. The SMILES string of the molecule is CCN1CCC[C@@H](N2NC=NC(C)=C2c2ccc3cc[nH]c3c2)C1. The molecule has 5 nitrogen and oxygen atoms in total. The van der Waals surface area contributed by atoms with Crippen molar-refractivity contribution in [3.63, 3.8) is 0 Å². The van der Waals surface area contributed by atoms with E-state index >= 15 is 0 Å². The van der Waals surface area contributed by atoms with E-state index in [9.17, 15) is 0 Å². The molecule has 2 aliphatic heterocycles. The molecule has 1 atom stereocenters. The Morgan fingerprint density at radius 1 is 1.29 bits per heavy atom. The Balaban J connectivity index is 1.70. The third-order valence-corrected chi connectivity index (χ3v) is 5.16. The minimum absolute atomic E-state index is 0.467. The third kappa shape index (κ3) is 2.69. The molecule has 2 aliphatic rings. The van der Waals surface area contributed by atoms with Gasteiger partial charge in [-0.1, -0.05) is 19.1 Å². The number of nitrogens with one attached hydrogen (secondary N) is 2. The highest BCUT2D eigenvalue weighted by atomic mass is 15.5. The van der Waals surface area contributed by atoms with Crippen LogP contribution < -0.4 is 5.43 Å². The molecule has 0 saturated carbocycles. The largest absolute Gasteiger partial charge is 0.361 e. The maximum atomic E-state index is 4.52. The summed E-state index contributed by atoms with van der Waals surface area (Å²) >= 11 is 0. The van der Waals surface area contributed by atoms with Gasteiger partial charge in [0.05, 0.1) is 17.4 Å². The minimum Gasteiger partial charge on any atom is -0.361 e. The Morgan fingerprint density at radius 2 is 2.21 bits per heavy atom. The number of hydrogen-bond acceptors (Lipinski definition) is 4. The van der Waals surface area contributed by atoms with Crippen molar-refractivity contribution in [2.24, 2.45) is 4.99 Å². The van der Waals surface area contributed by atoms with Crippen molar-refractivity contribution in [3.05, 3.63) is 41.7 Å². The molecule has 2 aromatic rings. The fourth-order valence-electron chi connectivity index (χ4n) is 3.85. The number of aromatic amines is 1. The molecular weight excluding hydrogens is 298 g/mol. The van der Waals surface area contributed by atoms with Crippen LogP contribution in [0.3, 0.4) is 0 Å². The van der Waals surface area contributed by atoms with Crippen molar-refractivity contribution >= 4 is 22.9 Å². The predicted molar refractivity (Wildman–Crippen MR) is 99.5 cm³/mol. The number of H-pyrrole nitrogens is 1. The summed E-state index contributed by atoms with van der Waals surface area (Å²) in [6.07, 6.45) is 6.26. The maximum Gasteiger partial charge on any atom is 0.107 e. The van der Waals surface area contributed by atoms with Crippen molar-refractivity contribution in [1.82, 2.24) is 20.3 Å². The van der Waals surface area contributed by atoms with E-state index in [0.29, 0.717) is 6.04 Å². The summed E-state index contributed by atoms with van der Waals surface area (Å²) in [5.74, 6) is 0. The molecule has 126 valence electrons. The van der Waals surface area contributed by atoms with Crippen molar-refractivity contribution in [3.8, 4) is 0 Å². The van der Waals surface area contributed by atoms with Crippen LogP contribution in [-0.4, -0.2) is 46.9 Å². The highest BCUT2D eigenvalue weighted by molar-refractivity contribution is 5.84. The molecule has 1 fully saturated rings. The first-order valence-corrected chi connectivity index (χ1v) is 8.85. The van der Waals surface area contributed by atoms with Gasteiger partial charge in [0, 0.05) is 23.8 Å². The molecular formula is C19H25N5. The lowest BCUT2D eigenvalue weighted by atomic mass is 10.0. The third-order valence-electron chi connectivity index (χ3n) is 5.16. The highest BCUT2D eigenvalue weighted by Gasteiger charge is 2.29. The lowest BCUT2D eigenvalue weighted by Crippen LogP contribution is -2.52. The smallest absolute Gasteiger partial charge is 0.107 e. The first kappa shape index (κ1) is 15.3. The van der Waals surface area contributed by atoms with Gasteiger partial charge in [-0.3, -0.25) is 10.4 Å². The molecule has 2 N–H and O–H groups in total. The number of rotatable bonds is 3. The lowest BCUT2D eigenvalue weighted by molar-refractivity contribution is 0.126. The molecule has 24 heavy (non-hydrogen) atoms. The number of likely N-dealkylation sites (N-methyl/N-ethyl adjacent to an activating group) is 1. The molecule has 4 rings (SSSR count). The number of piperidine rings is 1. The standard InChI is InChI=1S/C19H25N5/c1-3-23-10-4-5-17(12-23)24-19(14(2)21-13-22-24)16-7-6-15-8-9-20-18(15)11-16/h6-9,11,13,17,20H,3-5,10,12H2,1-2H3,(H,21,22)/t17-/m1/s1. The number of benzene rings is 1. The molecule has 5 heteroatoms. The van der Waals surface area contributed by atoms with Crippen LogP contribution in [0, 0.1) is 0 Å². The van der Waals surface area contributed by atoms with Gasteiger partial charge in [0.2, 0.25) is 0 Å². The van der Waals surface area contributed by atoms with Gasteiger partial charge in [-0.25, -0.2) is 4.99 Å². The normalized spacial score (nSPS) is 22.2. The molecule has 0 bridgehead atoms. The second kappa shape index (κ2) is 6.32. The monoisotopic (exact) mass is 323 g/mol. The van der Waals surface area contributed by atoms with Gasteiger partial charge in [0.15, 0.2) is 0 Å². The van der Waals surface area contributed by atoms with Crippen molar-refractivity contribution < 1.29 is 0 Å². The van der Waals surface area contributed by atoms with Gasteiger partial charge in [-0.05, 0) is 50.4 Å². The number of aromatic nitrogens is 1. The van der Waals surface area contributed by atoms with E-state index in [1.54, 1.807) is 0 Å². The maximum absolute atomic E-state index is 4.52. The lowest BCUT2D eigenvalue weighted by Gasteiger charge is -2.42. The fraction of sp³-hybridized carbons (Fsp3) is 0.421. The molecule has 0 aliphatic carbocycles. The number of fused-ring (bicyclic) bond motifs is 1. The first-order valence-electron chi connectivity index (χ1n) is 8.85. The van der Waals surface area contributed by atoms with E-state index in [1.807, 2.05) is 12.5 Å². The number of likely N-dealkylation sites (tertiary alicyclic amines) is 1. The van der Waals surface area contributed by atoms with Gasteiger partial charge in [0.1, 0.15) is 6.34 Å². The quantitative estimate of drug-likeness (QED) is 0.912. The topological polar surface area (TPSA) is 46.7 Å². The van der Waals surface area contributed by atoms with Crippen LogP contribution in [0.4, 0.5) is 0 Å². The molecule has 3 heterocycles. The number of hydrogen-bond donors (Lipinski definition) is 2. The summed E-state index contributed by atoms with van der Waals surface area (Å²) < 4.78 is 0. The number of nitrogens with zero attached hydrogens (tertiary/aromatic N) is 3. The van der Waals surface area contributed by atoms with Crippen LogP contribution in [0.1, 0.15) is 32.3 Å². The van der Waals surface area contributed by atoms with Gasteiger partial charge >= 0.3 is 0 Å². The van der Waals surface area contributed by atoms with Crippen molar-refractivity contribution in [1.29, 1.82) is 0 Å². The average Bonchev–Trinajstić information content (AvgIpc) is 3.09. The molecule has 0 unspecified atom stereocenters. The molecule has 1 aromatic heterocycles. The Hall–Kier alpha value is -2.27. The van der Waals surface area contributed by atoms with Crippen molar-refractivity contribution in [2.45, 2.75) is 32.7 Å². The van der Waals surface area contributed by atoms with E-state index < -0.39 is 0 Å². The van der Waals surface area contributed by atoms with Crippen LogP contribution in [0.15, 0.2) is 41.2 Å². The fourth-order valence-corrected chi connectivity index (χ4v) is 3.85. The molecule has 0 amide bonds. The van der Waals surface area contributed by atoms with E-state index in [4.69, 9.17) is 0 Å². The minimum atomic E-state index is 0.467. The summed E-state index contributed by atoms with van der Waals surface area (Å²) in [6, 6.07) is 9.18.